The second-order valence-corrected chi connectivity index (χ2v) is 8.97. The largest absolute Gasteiger partial charge is 0.378 e. The van der Waals surface area contributed by atoms with Crippen molar-refractivity contribution in [1.29, 1.82) is 0 Å². The number of benzene rings is 2. The number of piperidine rings is 1. The van der Waals surface area contributed by atoms with E-state index in [0.29, 0.717) is 24.3 Å². The standard InChI is InChI=1S/C26H31N5O2/c1-17-5-10-22(18(2)15-17)23-16-24(29-28-23)26(33)31-13-11-20(12-14-31)27-25(32)19-6-8-21(9-7-19)30(3)4/h5-10,15-16,20H,11-14H2,1-4H3,(H,27,32)(H,28,29). The number of hydrogen-bond donors (Lipinski definition) is 2. The molecule has 3 aromatic rings. The highest BCUT2D eigenvalue weighted by Crippen LogP contribution is 2.24. The smallest absolute Gasteiger partial charge is 0.271 e. The molecule has 0 bridgehead atoms. The minimum absolute atomic E-state index is 0.0532. The third kappa shape index (κ3) is 5.08. The van der Waals surface area contributed by atoms with Crippen LogP contribution in [-0.4, -0.2) is 60.1 Å². The van der Waals surface area contributed by atoms with E-state index in [1.54, 1.807) is 0 Å². The topological polar surface area (TPSA) is 81.3 Å². The van der Waals surface area contributed by atoms with Gasteiger partial charge in [0.05, 0.1) is 5.69 Å². The van der Waals surface area contributed by atoms with Crippen molar-refractivity contribution in [3.63, 3.8) is 0 Å². The Morgan fingerprint density at radius 3 is 2.36 bits per heavy atom. The molecule has 0 aliphatic carbocycles. The fraction of sp³-hybridized carbons (Fsp3) is 0.346. The second-order valence-electron chi connectivity index (χ2n) is 8.97. The number of anilines is 1. The third-order valence-corrected chi connectivity index (χ3v) is 6.23. The van der Waals surface area contributed by atoms with Crippen LogP contribution in [-0.2, 0) is 0 Å². The highest BCUT2D eigenvalue weighted by Gasteiger charge is 2.26. The molecule has 1 aromatic heterocycles. The summed E-state index contributed by atoms with van der Waals surface area (Å²) in [7, 11) is 3.94. The quantitative estimate of drug-likeness (QED) is 0.626. The van der Waals surface area contributed by atoms with Gasteiger partial charge < -0.3 is 15.1 Å². The Morgan fingerprint density at radius 1 is 1.03 bits per heavy atom. The van der Waals surface area contributed by atoms with Crippen molar-refractivity contribution in [1.82, 2.24) is 20.4 Å². The summed E-state index contributed by atoms with van der Waals surface area (Å²) in [5, 5.41) is 10.4. The molecule has 0 spiro atoms. The molecule has 1 aliphatic heterocycles. The van der Waals surface area contributed by atoms with Crippen LogP contribution in [0.3, 0.4) is 0 Å². The molecule has 33 heavy (non-hydrogen) atoms. The van der Waals surface area contributed by atoms with E-state index in [1.165, 1.54) is 5.56 Å². The molecular weight excluding hydrogens is 414 g/mol. The number of aromatic amines is 1. The van der Waals surface area contributed by atoms with Crippen LogP contribution < -0.4 is 10.2 Å². The fourth-order valence-electron chi connectivity index (χ4n) is 4.25. The molecular formula is C26H31N5O2. The van der Waals surface area contributed by atoms with Gasteiger partial charge in [0.2, 0.25) is 0 Å². The van der Waals surface area contributed by atoms with Crippen LogP contribution in [0.5, 0.6) is 0 Å². The Morgan fingerprint density at radius 2 is 1.73 bits per heavy atom. The number of hydrogen-bond acceptors (Lipinski definition) is 4. The molecule has 0 atom stereocenters. The maximum atomic E-state index is 13.0. The molecule has 0 saturated carbocycles. The number of amides is 2. The van der Waals surface area contributed by atoms with Crippen LogP contribution in [0, 0.1) is 13.8 Å². The zero-order chi connectivity index (χ0) is 23.5. The predicted molar refractivity (Wildman–Crippen MR) is 131 cm³/mol. The van der Waals surface area contributed by atoms with Gasteiger partial charge in [-0.05, 0) is 62.6 Å². The molecule has 0 radical (unpaired) electrons. The van der Waals surface area contributed by atoms with Crippen molar-refractivity contribution in [3.05, 3.63) is 70.9 Å². The van der Waals surface area contributed by atoms with Crippen LogP contribution in [0.4, 0.5) is 5.69 Å². The highest BCUT2D eigenvalue weighted by molar-refractivity contribution is 5.95. The molecule has 172 valence electrons. The van der Waals surface area contributed by atoms with E-state index in [4.69, 9.17) is 0 Å². The minimum atomic E-state index is -0.0724. The first-order chi connectivity index (χ1) is 15.8. The van der Waals surface area contributed by atoms with Crippen molar-refractivity contribution in [2.24, 2.45) is 0 Å². The lowest BCUT2D eigenvalue weighted by Crippen LogP contribution is -2.46. The Kier molecular flexibility index (Phi) is 6.49. The lowest BCUT2D eigenvalue weighted by molar-refractivity contribution is 0.0692. The van der Waals surface area contributed by atoms with Gasteiger partial charge in [-0.25, -0.2) is 0 Å². The number of nitrogens with zero attached hydrogens (tertiary/aromatic N) is 3. The van der Waals surface area contributed by atoms with Gasteiger partial charge >= 0.3 is 0 Å². The number of rotatable bonds is 5. The van der Waals surface area contributed by atoms with Gasteiger partial charge in [0.15, 0.2) is 0 Å². The number of H-pyrrole nitrogens is 1. The summed E-state index contributed by atoms with van der Waals surface area (Å²) in [6, 6.07) is 15.6. The van der Waals surface area contributed by atoms with Crippen LogP contribution >= 0.6 is 0 Å². The molecule has 4 rings (SSSR count). The van der Waals surface area contributed by atoms with Crippen molar-refractivity contribution in [2.45, 2.75) is 32.7 Å². The van der Waals surface area contributed by atoms with E-state index in [0.717, 1.165) is 35.3 Å². The SMILES string of the molecule is Cc1ccc(-c2cc(C(=O)N3CCC(NC(=O)c4ccc(N(C)C)cc4)CC3)[nH]n2)c(C)c1. The van der Waals surface area contributed by atoms with Crippen LogP contribution in [0.1, 0.15) is 44.8 Å². The van der Waals surface area contributed by atoms with E-state index in [1.807, 2.05) is 73.3 Å². The molecule has 1 saturated heterocycles. The van der Waals surface area contributed by atoms with Gasteiger partial charge in [0.1, 0.15) is 5.69 Å². The first-order valence-electron chi connectivity index (χ1n) is 11.3. The molecule has 7 heteroatoms. The third-order valence-electron chi connectivity index (χ3n) is 6.23. The first kappa shape index (κ1) is 22.6. The molecule has 2 heterocycles. The Bertz CT molecular complexity index is 1140. The van der Waals surface area contributed by atoms with Crippen LogP contribution in [0.15, 0.2) is 48.5 Å². The molecule has 2 amide bonds. The van der Waals surface area contributed by atoms with Gasteiger partial charge in [-0.2, -0.15) is 5.10 Å². The Balaban J connectivity index is 1.33. The van der Waals surface area contributed by atoms with Gasteiger partial charge in [-0.1, -0.05) is 23.8 Å². The number of nitrogens with one attached hydrogen (secondary N) is 2. The van der Waals surface area contributed by atoms with E-state index >= 15 is 0 Å². The number of carbonyl (C=O) groups excluding carboxylic acids is 2. The fourth-order valence-corrected chi connectivity index (χ4v) is 4.25. The summed E-state index contributed by atoms with van der Waals surface area (Å²) >= 11 is 0. The van der Waals surface area contributed by atoms with Crippen LogP contribution in [0.25, 0.3) is 11.3 Å². The van der Waals surface area contributed by atoms with Crippen molar-refractivity contribution < 1.29 is 9.59 Å². The zero-order valence-electron chi connectivity index (χ0n) is 19.7. The van der Waals surface area contributed by atoms with E-state index < -0.39 is 0 Å². The predicted octanol–water partition coefficient (Wildman–Crippen LogP) is 3.79. The van der Waals surface area contributed by atoms with Gasteiger partial charge in [-0.15, -0.1) is 0 Å². The summed E-state index contributed by atoms with van der Waals surface area (Å²) in [4.78, 5) is 29.4. The van der Waals surface area contributed by atoms with Crippen molar-refractivity contribution >= 4 is 17.5 Å². The highest BCUT2D eigenvalue weighted by atomic mass is 16.2. The number of aromatic nitrogens is 2. The summed E-state index contributed by atoms with van der Waals surface area (Å²) in [6.45, 7) is 5.31. The van der Waals surface area contributed by atoms with Gasteiger partial charge in [-0.3, -0.25) is 14.7 Å². The second kappa shape index (κ2) is 9.48. The normalized spacial score (nSPS) is 14.2. The lowest BCUT2D eigenvalue weighted by Gasteiger charge is -2.32. The van der Waals surface area contributed by atoms with Gasteiger partial charge in [0, 0.05) is 50.0 Å². The van der Waals surface area contributed by atoms with Crippen LogP contribution in [0.2, 0.25) is 0 Å². The molecule has 7 nitrogen and oxygen atoms in total. The molecule has 2 aromatic carbocycles. The zero-order valence-corrected chi connectivity index (χ0v) is 19.7. The summed E-state index contributed by atoms with van der Waals surface area (Å²) in [6.07, 6.45) is 1.46. The Labute approximate surface area is 194 Å². The summed E-state index contributed by atoms with van der Waals surface area (Å²) < 4.78 is 0. The van der Waals surface area contributed by atoms with Gasteiger partial charge in [0.25, 0.3) is 11.8 Å². The van der Waals surface area contributed by atoms with E-state index in [2.05, 4.69) is 28.5 Å². The summed E-state index contributed by atoms with van der Waals surface area (Å²) in [5.74, 6) is -0.126. The maximum absolute atomic E-state index is 13.0. The Hall–Kier alpha value is -3.61. The molecule has 2 N–H and O–H groups in total. The lowest BCUT2D eigenvalue weighted by atomic mass is 10.0. The average molecular weight is 446 g/mol. The number of aryl methyl sites for hydroxylation is 2. The average Bonchev–Trinajstić information content (AvgIpc) is 3.29. The van der Waals surface area contributed by atoms with E-state index in [9.17, 15) is 9.59 Å². The van der Waals surface area contributed by atoms with Crippen molar-refractivity contribution in [2.75, 3.05) is 32.1 Å². The number of likely N-dealkylation sites (tertiary alicyclic amines) is 1. The monoisotopic (exact) mass is 445 g/mol. The molecule has 0 unspecified atom stereocenters. The minimum Gasteiger partial charge on any atom is -0.378 e. The molecule has 1 aliphatic rings. The molecule has 1 fully saturated rings. The number of carbonyl (C=O) groups is 2. The first-order valence-corrected chi connectivity index (χ1v) is 11.3. The van der Waals surface area contributed by atoms with Crippen molar-refractivity contribution in [3.8, 4) is 11.3 Å². The maximum Gasteiger partial charge on any atom is 0.271 e. The van der Waals surface area contributed by atoms with E-state index in [-0.39, 0.29) is 17.9 Å². The summed E-state index contributed by atoms with van der Waals surface area (Å²) in [5.41, 5.74) is 6.33.